The van der Waals surface area contributed by atoms with Crippen LogP contribution in [0.25, 0.3) is 0 Å². The Kier molecular flexibility index (Phi) is 8.53. The fourth-order valence-corrected chi connectivity index (χ4v) is 2.13. The van der Waals surface area contributed by atoms with Crippen molar-refractivity contribution in [2.75, 3.05) is 21.2 Å². The first-order valence-electron chi connectivity index (χ1n) is 7.41. The molecule has 0 aromatic heterocycles. The van der Waals surface area contributed by atoms with E-state index in [4.69, 9.17) is 4.74 Å². The van der Waals surface area contributed by atoms with Crippen molar-refractivity contribution in [3.63, 3.8) is 0 Å². The van der Waals surface area contributed by atoms with E-state index in [-0.39, 0.29) is 29.8 Å². The molecule has 6 heteroatoms. The number of hydrogen-bond donors (Lipinski definition) is 1. The average Bonchev–Trinajstić information content (AvgIpc) is 2.55. The molecule has 0 saturated carbocycles. The molecule has 0 aliphatic rings. The van der Waals surface area contributed by atoms with E-state index in [0.717, 1.165) is 11.5 Å². The van der Waals surface area contributed by atoms with Crippen LogP contribution in [0, 0.1) is 5.82 Å². The lowest BCUT2D eigenvalue weighted by molar-refractivity contribution is 0.410. The molecule has 0 aliphatic heterocycles. The second kappa shape index (κ2) is 10.1. The van der Waals surface area contributed by atoms with Gasteiger partial charge >= 0.3 is 0 Å². The van der Waals surface area contributed by atoms with E-state index >= 15 is 0 Å². The largest absolute Gasteiger partial charge is 0.497 e. The van der Waals surface area contributed by atoms with Gasteiger partial charge in [0.1, 0.15) is 11.6 Å². The predicted octanol–water partition coefficient (Wildman–Crippen LogP) is 3.66. The van der Waals surface area contributed by atoms with Crippen molar-refractivity contribution >= 4 is 29.9 Å². The van der Waals surface area contributed by atoms with Crippen LogP contribution in [-0.4, -0.2) is 32.1 Å². The molecule has 0 atom stereocenters. The number of rotatable bonds is 5. The van der Waals surface area contributed by atoms with Crippen molar-refractivity contribution in [3.8, 4) is 5.75 Å². The first-order valence-corrected chi connectivity index (χ1v) is 7.41. The average molecular weight is 443 g/mol. The molecular weight excluding hydrogens is 420 g/mol. The van der Waals surface area contributed by atoms with E-state index in [9.17, 15) is 4.39 Å². The number of hydrogen-bond acceptors (Lipinski definition) is 2. The van der Waals surface area contributed by atoms with Gasteiger partial charge in [0.2, 0.25) is 0 Å². The smallest absolute Gasteiger partial charge is 0.194 e. The number of nitrogens with zero attached hydrogens (tertiary/aromatic N) is 2. The zero-order chi connectivity index (χ0) is 16.7. The Hall–Kier alpha value is -1.83. The first kappa shape index (κ1) is 20.2. The Morgan fingerprint density at radius 3 is 2.46 bits per heavy atom. The van der Waals surface area contributed by atoms with Gasteiger partial charge in [0.15, 0.2) is 5.96 Å². The minimum absolute atomic E-state index is 0. The molecule has 0 spiro atoms. The third kappa shape index (κ3) is 6.35. The summed E-state index contributed by atoms with van der Waals surface area (Å²) >= 11 is 0. The van der Waals surface area contributed by atoms with Gasteiger partial charge in [-0.15, -0.1) is 24.0 Å². The zero-order valence-corrected chi connectivity index (χ0v) is 16.5. The highest BCUT2D eigenvalue weighted by atomic mass is 127. The van der Waals surface area contributed by atoms with Gasteiger partial charge in [0, 0.05) is 26.7 Å². The molecule has 2 aromatic rings. The molecule has 0 aliphatic carbocycles. The second-order valence-electron chi connectivity index (χ2n) is 5.37. The summed E-state index contributed by atoms with van der Waals surface area (Å²) in [5, 5.41) is 3.30. The molecule has 0 saturated heterocycles. The summed E-state index contributed by atoms with van der Waals surface area (Å²) in [6.07, 6.45) is 0. The highest BCUT2D eigenvalue weighted by Gasteiger charge is 2.04. The topological polar surface area (TPSA) is 36.9 Å². The van der Waals surface area contributed by atoms with Crippen LogP contribution < -0.4 is 10.1 Å². The van der Waals surface area contributed by atoms with Crippen molar-refractivity contribution in [3.05, 3.63) is 65.5 Å². The summed E-state index contributed by atoms with van der Waals surface area (Å²) in [6, 6.07) is 14.7. The molecular formula is C18H23FIN3O. The van der Waals surface area contributed by atoms with Gasteiger partial charge in [-0.05, 0) is 23.3 Å². The van der Waals surface area contributed by atoms with E-state index in [2.05, 4.69) is 22.4 Å². The maximum atomic E-state index is 13.5. The summed E-state index contributed by atoms with van der Waals surface area (Å²) in [6.45, 7) is 1.06. The number of nitrogens with one attached hydrogen (secondary N) is 1. The molecule has 2 aromatic carbocycles. The number of aliphatic imine (C=N–C) groups is 1. The summed E-state index contributed by atoms with van der Waals surface area (Å²) in [5.74, 6) is 0.925. The van der Waals surface area contributed by atoms with Crippen molar-refractivity contribution in [2.24, 2.45) is 4.99 Å². The molecule has 130 valence electrons. The molecule has 0 bridgehead atoms. The Labute approximate surface area is 159 Å². The minimum atomic E-state index is -0.321. The minimum Gasteiger partial charge on any atom is -0.497 e. The summed E-state index contributed by atoms with van der Waals surface area (Å²) in [5.41, 5.74) is 1.94. The van der Waals surface area contributed by atoms with Gasteiger partial charge in [-0.1, -0.05) is 30.3 Å². The molecule has 0 amide bonds. The molecule has 4 nitrogen and oxygen atoms in total. The second-order valence-corrected chi connectivity index (χ2v) is 5.37. The molecule has 0 radical (unpaired) electrons. The van der Waals surface area contributed by atoms with Gasteiger partial charge in [-0.2, -0.15) is 0 Å². The Morgan fingerprint density at radius 1 is 1.12 bits per heavy atom. The summed E-state index contributed by atoms with van der Waals surface area (Å²) < 4.78 is 18.6. The molecule has 2 rings (SSSR count). The maximum Gasteiger partial charge on any atom is 0.194 e. The van der Waals surface area contributed by atoms with Crippen LogP contribution in [-0.2, 0) is 13.1 Å². The van der Waals surface area contributed by atoms with Gasteiger partial charge in [0.25, 0.3) is 0 Å². The van der Waals surface area contributed by atoms with Crippen molar-refractivity contribution in [1.82, 2.24) is 10.2 Å². The third-order valence-electron chi connectivity index (χ3n) is 3.30. The summed E-state index contributed by atoms with van der Waals surface area (Å²) in [4.78, 5) is 6.44. The molecule has 0 unspecified atom stereocenters. The SMILES string of the molecule is COc1cc(F)cc(CN=C(NCc2ccccc2)N(C)C)c1.I. The summed E-state index contributed by atoms with van der Waals surface area (Å²) in [7, 11) is 5.36. The Morgan fingerprint density at radius 2 is 1.83 bits per heavy atom. The van der Waals surface area contributed by atoms with Crippen LogP contribution in [0.15, 0.2) is 53.5 Å². The number of ether oxygens (including phenoxy) is 1. The normalized spacial score (nSPS) is 10.8. The third-order valence-corrected chi connectivity index (χ3v) is 3.30. The zero-order valence-electron chi connectivity index (χ0n) is 14.1. The van der Waals surface area contributed by atoms with Crippen molar-refractivity contribution in [1.29, 1.82) is 0 Å². The monoisotopic (exact) mass is 443 g/mol. The highest BCUT2D eigenvalue weighted by Crippen LogP contribution is 2.16. The highest BCUT2D eigenvalue weighted by molar-refractivity contribution is 14.0. The van der Waals surface area contributed by atoms with E-state index < -0.39 is 0 Å². The molecule has 0 fully saturated rings. The van der Waals surface area contributed by atoms with E-state index in [1.165, 1.54) is 24.8 Å². The van der Waals surface area contributed by atoms with Crippen LogP contribution in [0.1, 0.15) is 11.1 Å². The quantitative estimate of drug-likeness (QED) is 0.436. The lowest BCUT2D eigenvalue weighted by Gasteiger charge is -2.18. The van der Waals surface area contributed by atoms with E-state index in [1.54, 1.807) is 6.07 Å². The van der Waals surface area contributed by atoms with Crippen LogP contribution in [0.2, 0.25) is 0 Å². The fraction of sp³-hybridized carbons (Fsp3) is 0.278. The lowest BCUT2D eigenvalue weighted by atomic mass is 10.2. The number of halogens is 2. The first-order chi connectivity index (χ1) is 11.1. The van der Waals surface area contributed by atoms with Crippen LogP contribution >= 0.6 is 24.0 Å². The van der Waals surface area contributed by atoms with Crippen LogP contribution in [0.4, 0.5) is 4.39 Å². The van der Waals surface area contributed by atoms with E-state index in [0.29, 0.717) is 18.8 Å². The number of benzene rings is 2. The number of methoxy groups -OCH3 is 1. The standard InChI is InChI=1S/C18H22FN3O.HI/c1-22(2)18(20-12-14-7-5-4-6-8-14)21-13-15-9-16(19)11-17(10-15)23-3;/h4-11H,12-13H2,1-3H3,(H,20,21);1H. The Bertz CT molecular complexity index is 663. The number of guanidine groups is 1. The maximum absolute atomic E-state index is 13.5. The van der Waals surface area contributed by atoms with E-state index in [1.807, 2.05) is 37.2 Å². The Balaban J connectivity index is 0.00000288. The van der Waals surface area contributed by atoms with Crippen LogP contribution in [0.5, 0.6) is 5.75 Å². The molecule has 24 heavy (non-hydrogen) atoms. The van der Waals surface area contributed by atoms with Crippen molar-refractivity contribution in [2.45, 2.75) is 13.1 Å². The van der Waals surface area contributed by atoms with Crippen molar-refractivity contribution < 1.29 is 9.13 Å². The van der Waals surface area contributed by atoms with Gasteiger partial charge in [0.05, 0.1) is 13.7 Å². The molecule has 0 heterocycles. The van der Waals surface area contributed by atoms with Crippen LogP contribution in [0.3, 0.4) is 0 Å². The van der Waals surface area contributed by atoms with Gasteiger partial charge < -0.3 is 15.0 Å². The van der Waals surface area contributed by atoms with Gasteiger partial charge in [-0.3, -0.25) is 0 Å². The lowest BCUT2D eigenvalue weighted by Crippen LogP contribution is -2.36. The molecule has 1 N–H and O–H groups in total. The fourth-order valence-electron chi connectivity index (χ4n) is 2.13. The predicted molar refractivity (Wildman–Crippen MR) is 106 cm³/mol. The van der Waals surface area contributed by atoms with Gasteiger partial charge in [-0.25, -0.2) is 9.38 Å².